The van der Waals surface area contributed by atoms with Crippen molar-refractivity contribution in [1.82, 2.24) is 9.88 Å². The first-order valence-corrected chi connectivity index (χ1v) is 7.60. The summed E-state index contributed by atoms with van der Waals surface area (Å²) in [5.74, 6) is -1.21. The van der Waals surface area contributed by atoms with Crippen molar-refractivity contribution in [1.29, 1.82) is 0 Å². The fourth-order valence-electron chi connectivity index (χ4n) is 2.37. The molecule has 0 radical (unpaired) electrons. The van der Waals surface area contributed by atoms with Gasteiger partial charge in [-0.05, 0) is 52.0 Å². The first-order chi connectivity index (χ1) is 12.0. The summed E-state index contributed by atoms with van der Waals surface area (Å²) in [5.41, 5.74) is 0.902. The van der Waals surface area contributed by atoms with Gasteiger partial charge in [0.05, 0.1) is 0 Å². The van der Waals surface area contributed by atoms with Gasteiger partial charge in [0.1, 0.15) is 19.1 Å². The zero-order valence-electron chi connectivity index (χ0n) is 14.6. The van der Waals surface area contributed by atoms with Gasteiger partial charge in [-0.15, -0.1) is 0 Å². The molecule has 1 saturated heterocycles. The van der Waals surface area contributed by atoms with Crippen molar-refractivity contribution in [3.63, 3.8) is 0 Å². The molecule has 1 fully saturated rings. The van der Waals surface area contributed by atoms with Gasteiger partial charge in [-0.2, -0.15) is 0 Å². The molecule has 1 aliphatic rings. The number of hydrogen-bond acceptors (Lipinski definition) is 5. The highest BCUT2D eigenvalue weighted by Gasteiger charge is 2.10. The van der Waals surface area contributed by atoms with Crippen molar-refractivity contribution in [2.24, 2.45) is 0 Å². The van der Waals surface area contributed by atoms with Gasteiger partial charge in [0.2, 0.25) is 5.43 Å². The number of nitrogens with zero attached hydrogens (tertiary/aromatic N) is 1. The first kappa shape index (κ1) is 22.2. The Labute approximate surface area is 146 Å². The molecule has 1 aliphatic heterocycles. The van der Waals surface area contributed by atoms with Crippen molar-refractivity contribution < 1.29 is 19.5 Å². The van der Waals surface area contributed by atoms with Crippen LogP contribution in [-0.4, -0.2) is 54.7 Å². The number of carboxylic acid groups (broad SMARTS) is 1. The number of aryl methyl sites for hydroxylation is 1. The quantitative estimate of drug-likeness (QED) is 0.815. The first-order valence-electron chi connectivity index (χ1n) is 7.60. The number of rotatable bonds is 1. The largest absolute Gasteiger partial charge is 0.477 e. The lowest BCUT2D eigenvalue weighted by Crippen LogP contribution is -2.15. The molecule has 2 aromatic rings. The second-order valence-corrected chi connectivity index (χ2v) is 5.40. The lowest BCUT2D eigenvalue weighted by molar-refractivity contribution is -0.0987. The molecule has 7 nitrogen and oxygen atoms in total. The number of aromatic nitrogens is 1. The summed E-state index contributed by atoms with van der Waals surface area (Å²) in [5, 5.41) is 9.19. The third-order valence-electron chi connectivity index (χ3n) is 3.60. The van der Waals surface area contributed by atoms with Crippen LogP contribution in [0.4, 0.5) is 0 Å². The van der Waals surface area contributed by atoms with E-state index in [2.05, 4.69) is 16.9 Å². The number of aromatic amines is 1. The SMILES string of the molecule is C=O.C=O.CN1CCCC1.Cc1ccc2[nH]cc(C(=O)O)c(=O)c2c1. The molecular formula is C18H24N2O5. The van der Waals surface area contributed by atoms with Crippen LogP contribution in [0.5, 0.6) is 0 Å². The maximum atomic E-state index is 11.7. The van der Waals surface area contributed by atoms with E-state index in [4.69, 9.17) is 14.7 Å². The molecule has 1 aromatic heterocycles. The molecule has 2 N–H and O–H groups in total. The van der Waals surface area contributed by atoms with Crippen LogP contribution in [0, 0.1) is 6.92 Å². The fourth-order valence-corrected chi connectivity index (χ4v) is 2.37. The zero-order chi connectivity index (χ0) is 19.4. The van der Waals surface area contributed by atoms with Crippen LogP contribution in [0.15, 0.2) is 29.2 Å². The molecule has 136 valence electrons. The van der Waals surface area contributed by atoms with E-state index in [9.17, 15) is 9.59 Å². The molecule has 3 rings (SSSR count). The molecule has 0 atom stereocenters. The molecule has 0 saturated carbocycles. The summed E-state index contributed by atoms with van der Waals surface area (Å²) in [6.45, 7) is 8.49. The van der Waals surface area contributed by atoms with E-state index in [1.54, 1.807) is 12.1 Å². The highest BCUT2D eigenvalue weighted by atomic mass is 16.4. The smallest absolute Gasteiger partial charge is 0.341 e. The molecule has 2 heterocycles. The average Bonchev–Trinajstić information content (AvgIpc) is 3.10. The number of aromatic carboxylic acids is 1. The summed E-state index contributed by atoms with van der Waals surface area (Å²) in [4.78, 5) is 43.6. The normalized spacial score (nSPS) is 12.7. The maximum absolute atomic E-state index is 11.7. The molecule has 0 bridgehead atoms. The predicted octanol–water partition coefficient (Wildman–Crippen LogP) is 1.88. The van der Waals surface area contributed by atoms with Crippen LogP contribution in [0.3, 0.4) is 0 Å². The van der Waals surface area contributed by atoms with E-state index in [0.717, 1.165) is 5.56 Å². The summed E-state index contributed by atoms with van der Waals surface area (Å²) in [7, 11) is 2.17. The topological polar surface area (TPSA) is 108 Å². The van der Waals surface area contributed by atoms with Crippen LogP contribution < -0.4 is 5.43 Å². The Balaban J connectivity index is 0.000000481. The van der Waals surface area contributed by atoms with Gasteiger partial charge in [0.15, 0.2) is 0 Å². The molecule has 0 spiro atoms. The van der Waals surface area contributed by atoms with Gasteiger partial charge < -0.3 is 24.6 Å². The van der Waals surface area contributed by atoms with E-state index >= 15 is 0 Å². The Morgan fingerprint density at radius 3 is 2.16 bits per heavy atom. The van der Waals surface area contributed by atoms with Crippen molar-refractivity contribution in [2.45, 2.75) is 19.8 Å². The van der Waals surface area contributed by atoms with Gasteiger partial charge in [-0.25, -0.2) is 4.79 Å². The number of carboxylic acids is 1. The number of carbonyl (C=O) groups excluding carboxylic acids is 2. The Morgan fingerprint density at radius 2 is 1.72 bits per heavy atom. The van der Waals surface area contributed by atoms with Crippen LogP contribution in [0.2, 0.25) is 0 Å². The lowest BCUT2D eigenvalue weighted by Gasteiger charge is -2.01. The van der Waals surface area contributed by atoms with E-state index in [1.165, 1.54) is 32.1 Å². The summed E-state index contributed by atoms with van der Waals surface area (Å²) in [6.07, 6.45) is 4.05. The van der Waals surface area contributed by atoms with Gasteiger partial charge in [0.25, 0.3) is 0 Å². The Hall–Kier alpha value is -2.80. The van der Waals surface area contributed by atoms with Gasteiger partial charge in [0, 0.05) is 17.1 Å². The molecule has 7 heteroatoms. The Bertz CT molecular complexity index is 734. The highest BCUT2D eigenvalue weighted by Crippen LogP contribution is 2.10. The number of fused-ring (bicyclic) bond motifs is 1. The molecule has 0 aliphatic carbocycles. The van der Waals surface area contributed by atoms with E-state index in [0.29, 0.717) is 10.9 Å². The maximum Gasteiger partial charge on any atom is 0.341 e. The number of carbonyl (C=O) groups is 3. The highest BCUT2D eigenvalue weighted by molar-refractivity contribution is 5.92. The number of hydrogen-bond donors (Lipinski definition) is 2. The van der Waals surface area contributed by atoms with Gasteiger partial charge >= 0.3 is 5.97 Å². The molecule has 0 unspecified atom stereocenters. The number of benzene rings is 1. The standard InChI is InChI=1S/C11H9NO3.C5H11N.2CH2O/c1-6-2-3-9-7(4-6)10(13)8(5-12-9)11(14)15;1-6-4-2-3-5-6;2*1-2/h2-5H,1H3,(H,12,13)(H,14,15);2-5H2,1H3;2*1H2. The van der Waals surface area contributed by atoms with Gasteiger partial charge in [-0.3, -0.25) is 4.79 Å². The van der Waals surface area contributed by atoms with Crippen LogP contribution in [0.1, 0.15) is 28.8 Å². The number of pyridine rings is 1. The molecule has 1 aromatic carbocycles. The summed E-state index contributed by atoms with van der Waals surface area (Å²) >= 11 is 0. The third kappa shape index (κ3) is 6.68. The van der Waals surface area contributed by atoms with Crippen LogP contribution in [0.25, 0.3) is 10.9 Å². The predicted molar refractivity (Wildman–Crippen MR) is 97.2 cm³/mol. The minimum absolute atomic E-state index is 0.229. The molecular weight excluding hydrogens is 324 g/mol. The number of H-pyrrole nitrogens is 1. The lowest BCUT2D eigenvalue weighted by atomic mass is 10.1. The average molecular weight is 348 g/mol. The van der Waals surface area contributed by atoms with Gasteiger partial charge in [-0.1, -0.05) is 11.6 Å². The summed E-state index contributed by atoms with van der Waals surface area (Å²) in [6, 6.07) is 5.30. The second kappa shape index (κ2) is 11.7. The molecule has 0 amide bonds. The van der Waals surface area contributed by atoms with E-state index in [1.807, 2.05) is 26.6 Å². The van der Waals surface area contributed by atoms with Crippen molar-refractivity contribution in [2.75, 3.05) is 20.1 Å². The number of likely N-dealkylation sites (tertiary alicyclic amines) is 1. The van der Waals surface area contributed by atoms with Crippen LogP contribution in [-0.2, 0) is 9.59 Å². The van der Waals surface area contributed by atoms with E-state index in [-0.39, 0.29) is 5.56 Å². The number of nitrogens with one attached hydrogen (secondary N) is 1. The van der Waals surface area contributed by atoms with E-state index < -0.39 is 11.4 Å². The Morgan fingerprint density at radius 1 is 1.16 bits per heavy atom. The monoisotopic (exact) mass is 348 g/mol. The summed E-state index contributed by atoms with van der Waals surface area (Å²) < 4.78 is 0. The van der Waals surface area contributed by atoms with Crippen molar-refractivity contribution in [3.8, 4) is 0 Å². The second-order valence-electron chi connectivity index (χ2n) is 5.40. The van der Waals surface area contributed by atoms with Crippen molar-refractivity contribution >= 4 is 30.5 Å². The minimum Gasteiger partial charge on any atom is -0.477 e. The third-order valence-corrected chi connectivity index (χ3v) is 3.60. The van der Waals surface area contributed by atoms with Crippen LogP contribution >= 0.6 is 0 Å². The van der Waals surface area contributed by atoms with Crippen molar-refractivity contribution in [3.05, 3.63) is 45.7 Å². The molecule has 25 heavy (non-hydrogen) atoms. The Kier molecular flexibility index (Phi) is 10.4. The zero-order valence-corrected chi connectivity index (χ0v) is 14.6. The minimum atomic E-state index is -1.21. The fraction of sp³-hybridized carbons (Fsp3) is 0.333.